The topological polar surface area (TPSA) is 122 Å². The fourth-order valence-electron chi connectivity index (χ4n) is 4.84. The number of hydrogen-bond acceptors (Lipinski definition) is 10. The highest BCUT2D eigenvalue weighted by Gasteiger charge is 2.27. The van der Waals surface area contributed by atoms with Gasteiger partial charge in [0.25, 0.3) is 0 Å². The minimum Gasteiger partial charge on any atom is -0.493 e. The summed E-state index contributed by atoms with van der Waals surface area (Å²) < 4.78 is 30.4. The van der Waals surface area contributed by atoms with Crippen molar-refractivity contribution < 1.29 is 13.2 Å². The van der Waals surface area contributed by atoms with Gasteiger partial charge in [-0.05, 0) is 18.9 Å². The smallest absolute Gasteiger partial charge is 0.197 e. The quantitative estimate of drug-likeness (QED) is 0.357. The number of methoxy groups -OCH3 is 1. The second-order valence-corrected chi connectivity index (χ2v) is 13.1. The molecule has 5 heterocycles. The number of aromatic amines is 1. The Kier molecular flexibility index (Phi) is 6.94. The van der Waals surface area contributed by atoms with Gasteiger partial charge in [0.2, 0.25) is 0 Å². The molecule has 1 saturated heterocycles. The van der Waals surface area contributed by atoms with Gasteiger partial charge < -0.3 is 9.64 Å². The predicted molar refractivity (Wildman–Crippen MR) is 145 cm³/mol. The first kappa shape index (κ1) is 25.6. The van der Waals surface area contributed by atoms with E-state index in [0.29, 0.717) is 17.9 Å². The van der Waals surface area contributed by atoms with E-state index in [1.54, 1.807) is 23.0 Å². The summed E-state index contributed by atoms with van der Waals surface area (Å²) in [4.78, 5) is 13.6. The van der Waals surface area contributed by atoms with Crippen molar-refractivity contribution in [2.75, 3.05) is 50.2 Å². The number of ether oxygens (including phenoxy) is 1. The molecule has 5 rings (SSSR count). The van der Waals surface area contributed by atoms with Crippen molar-refractivity contribution in [3.05, 3.63) is 30.4 Å². The van der Waals surface area contributed by atoms with E-state index in [9.17, 15) is 8.42 Å². The van der Waals surface area contributed by atoms with Gasteiger partial charge in [-0.3, -0.25) is 10.00 Å². The number of sulfone groups is 1. The van der Waals surface area contributed by atoms with Gasteiger partial charge in [0.05, 0.1) is 30.4 Å². The molecule has 0 amide bonds. The molecule has 1 N–H and O–H groups in total. The van der Waals surface area contributed by atoms with Crippen molar-refractivity contribution in [2.45, 2.75) is 32.7 Å². The van der Waals surface area contributed by atoms with Gasteiger partial charge in [0.15, 0.2) is 11.4 Å². The van der Waals surface area contributed by atoms with Gasteiger partial charge in [-0.25, -0.2) is 22.9 Å². The molecule has 1 unspecified atom stereocenters. The number of piperazine rings is 1. The second kappa shape index (κ2) is 10.0. The summed E-state index contributed by atoms with van der Waals surface area (Å²) in [6.07, 6.45) is 6.64. The maximum absolute atomic E-state index is 11.6. The monoisotopic (exact) mass is 544 g/mol. The van der Waals surface area contributed by atoms with Gasteiger partial charge in [0, 0.05) is 55.8 Å². The summed E-state index contributed by atoms with van der Waals surface area (Å²) in [5.74, 6) is 1.03. The van der Waals surface area contributed by atoms with Crippen LogP contribution in [0.15, 0.2) is 24.8 Å². The van der Waals surface area contributed by atoms with Crippen LogP contribution in [-0.2, 0) is 9.84 Å². The molecule has 198 valence electrons. The van der Waals surface area contributed by atoms with Crippen molar-refractivity contribution in [2.24, 2.45) is 0 Å². The van der Waals surface area contributed by atoms with E-state index in [2.05, 4.69) is 45.8 Å². The van der Waals surface area contributed by atoms with Crippen LogP contribution in [0.5, 0.6) is 5.75 Å². The number of fused-ring (bicyclic) bond motifs is 1. The number of nitrogens with zero attached hydrogens (tertiary/aromatic N) is 7. The average molecular weight is 545 g/mol. The van der Waals surface area contributed by atoms with E-state index < -0.39 is 9.84 Å². The molecule has 4 aromatic rings. The van der Waals surface area contributed by atoms with Crippen molar-refractivity contribution in [1.29, 1.82) is 0 Å². The molecule has 37 heavy (non-hydrogen) atoms. The lowest BCUT2D eigenvalue weighted by molar-refractivity contribution is 0.241. The van der Waals surface area contributed by atoms with Crippen molar-refractivity contribution in [3.8, 4) is 27.7 Å². The van der Waals surface area contributed by atoms with E-state index >= 15 is 0 Å². The Morgan fingerprint density at radius 2 is 2.08 bits per heavy atom. The molecule has 0 bridgehead atoms. The third kappa shape index (κ3) is 5.20. The zero-order chi connectivity index (χ0) is 26.3. The molecular formula is C24H32N8O3S2. The number of pyridine rings is 1. The van der Waals surface area contributed by atoms with Crippen LogP contribution in [-0.4, -0.2) is 94.4 Å². The zero-order valence-electron chi connectivity index (χ0n) is 21.7. The summed E-state index contributed by atoms with van der Waals surface area (Å²) in [7, 11) is -1.34. The third-order valence-corrected chi connectivity index (χ3v) is 8.67. The standard InChI is InChI=1S/C24H32N8O3S2/c1-15(2)20-21(17-10-18(35-4)23-26-14-27-32(23)13-17)28-29-22(20)24-25-11-19(36-24)31-7-6-30(12-16(31)3)8-9-37(5,33)34/h10-11,13-16H,6-9,12H2,1-5H3,(H,28,29). The van der Waals surface area contributed by atoms with E-state index in [0.717, 1.165) is 52.2 Å². The maximum atomic E-state index is 11.6. The highest BCUT2D eigenvalue weighted by Crippen LogP contribution is 2.40. The van der Waals surface area contributed by atoms with E-state index in [1.807, 2.05) is 18.5 Å². The first-order valence-corrected chi connectivity index (χ1v) is 15.1. The summed E-state index contributed by atoms with van der Waals surface area (Å²) >= 11 is 1.64. The average Bonchev–Trinajstić information content (AvgIpc) is 3.60. The van der Waals surface area contributed by atoms with Gasteiger partial charge in [-0.2, -0.15) is 10.2 Å². The lowest BCUT2D eigenvalue weighted by Gasteiger charge is -2.40. The molecule has 0 aromatic carbocycles. The molecule has 0 radical (unpaired) electrons. The minimum atomic E-state index is -2.96. The van der Waals surface area contributed by atoms with Crippen molar-refractivity contribution in [1.82, 2.24) is 34.7 Å². The molecule has 1 aliphatic heterocycles. The Hall–Kier alpha value is -3.03. The van der Waals surface area contributed by atoms with Crippen LogP contribution in [0.1, 0.15) is 32.3 Å². The van der Waals surface area contributed by atoms with Crippen LogP contribution in [0.4, 0.5) is 5.00 Å². The number of thiazole rings is 1. The molecule has 1 fully saturated rings. The molecule has 0 aliphatic carbocycles. The van der Waals surface area contributed by atoms with E-state index in [4.69, 9.17) is 14.8 Å². The Morgan fingerprint density at radius 3 is 2.78 bits per heavy atom. The molecule has 1 aliphatic rings. The Labute approximate surface area is 220 Å². The van der Waals surface area contributed by atoms with Crippen LogP contribution < -0.4 is 9.64 Å². The third-order valence-electron chi connectivity index (χ3n) is 6.70. The summed E-state index contributed by atoms with van der Waals surface area (Å²) in [6, 6.07) is 2.19. The van der Waals surface area contributed by atoms with Crippen molar-refractivity contribution >= 4 is 31.8 Å². The first-order valence-electron chi connectivity index (χ1n) is 12.2. The highest BCUT2D eigenvalue weighted by molar-refractivity contribution is 7.90. The summed E-state index contributed by atoms with van der Waals surface area (Å²) in [5, 5.41) is 14.2. The molecular weight excluding hydrogens is 512 g/mol. The van der Waals surface area contributed by atoms with Crippen LogP contribution in [0.3, 0.4) is 0 Å². The number of nitrogens with one attached hydrogen (secondary N) is 1. The van der Waals surface area contributed by atoms with Crippen LogP contribution >= 0.6 is 11.3 Å². The fourth-order valence-corrected chi connectivity index (χ4v) is 6.49. The Bertz CT molecular complexity index is 1510. The maximum Gasteiger partial charge on any atom is 0.197 e. The normalized spacial score (nSPS) is 17.2. The number of rotatable bonds is 8. The fraction of sp³-hybridized carbons (Fsp3) is 0.500. The Morgan fingerprint density at radius 1 is 1.27 bits per heavy atom. The minimum absolute atomic E-state index is 0.195. The Balaban J connectivity index is 1.41. The van der Waals surface area contributed by atoms with Crippen LogP contribution in [0.2, 0.25) is 0 Å². The van der Waals surface area contributed by atoms with E-state index in [1.165, 1.54) is 12.6 Å². The SMILES string of the molecule is COc1cc(-c2n[nH]c(-c3ncc(N4CCN(CCS(C)(=O)=O)CC4C)s3)c2C(C)C)cn2ncnc12. The number of aromatic nitrogens is 6. The second-order valence-electron chi connectivity index (χ2n) is 9.82. The highest BCUT2D eigenvalue weighted by atomic mass is 32.2. The molecule has 0 spiro atoms. The summed E-state index contributed by atoms with van der Waals surface area (Å²) in [5.41, 5.74) is 4.38. The van der Waals surface area contributed by atoms with Crippen LogP contribution in [0, 0.1) is 0 Å². The van der Waals surface area contributed by atoms with Gasteiger partial charge in [-0.15, -0.1) is 0 Å². The molecule has 0 saturated carbocycles. The first-order chi connectivity index (χ1) is 17.6. The number of H-pyrrole nitrogens is 1. The molecule has 13 heteroatoms. The molecule has 4 aromatic heterocycles. The number of anilines is 1. The lowest BCUT2D eigenvalue weighted by Crippen LogP contribution is -2.52. The lowest BCUT2D eigenvalue weighted by atomic mass is 9.97. The molecule has 11 nitrogen and oxygen atoms in total. The van der Waals surface area contributed by atoms with E-state index in [-0.39, 0.29) is 17.7 Å². The van der Waals surface area contributed by atoms with Crippen LogP contribution in [0.25, 0.3) is 27.6 Å². The summed E-state index contributed by atoms with van der Waals surface area (Å²) in [6.45, 7) is 9.52. The van der Waals surface area contributed by atoms with Gasteiger partial charge in [-0.1, -0.05) is 25.2 Å². The van der Waals surface area contributed by atoms with Gasteiger partial charge in [0.1, 0.15) is 26.2 Å². The predicted octanol–water partition coefficient (Wildman–Crippen LogP) is 2.93. The van der Waals surface area contributed by atoms with Crippen molar-refractivity contribution in [3.63, 3.8) is 0 Å². The number of hydrogen-bond donors (Lipinski definition) is 1. The molecule has 1 atom stereocenters. The largest absolute Gasteiger partial charge is 0.493 e. The zero-order valence-corrected chi connectivity index (χ0v) is 23.3. The van der Waals surface area contributed by atoms with Gasteiger partial charge >= 0.3 is 0 Å².